The summed E-state index contributed by atoms with van der Waals surface area (Å²) in [4.78, 5) is 12.3. The summed E-state index contributed by atoms with van der Waals surface area (Å²) in [6.45, 7) is 4.68. The van der Waals surface area contributed by atoms with Crippen molar-refractivity contribution in [3.63, 3.8) is 0 Å². The van der Waals surface area contributed by atoms with Crippen LogP contribution in [0.3, 0.4) is 0 Å². The maximum Gasteiger partial charge on any atom is 0.192 e. The Morgan fingerprint density at radius 2 is 1.59 bits per heavy atom. The van der Waals surface area contributed by atoms with Gasteiger partial charge in [0.1, 0.15) is 0 Å². The van der Waals surface area contributed by atoms with Crippen LogP contribution in [0.1, 0.15) is 52.4 Å². The van der Waals surface area contributed by atoms with Gasteiger partial charge < -0.3 is 0 Å². The predicted octanol–water partition coefficient (Wildman–Crippen LogP) is 4.12. The summed E-state index contributed by atoms with van der Waals surface area (Å²) in [6, 6.07) is 0. The minimum atomic E-state index is 0.415. The molecular formula is C15H24OS. The van der Waals surface area contributed by atoms with Crippen molar-refractivity contribution in [1.29, 1.82) is 0 Å². The van der Waals surface area contributed by atoms with E-state index in [1.807, 2.05) is 0 Å². The second-order valence-corrected chi connectivity index (χ2v) is 7.99. The molecule has 1 saturated heterocycles. The molecule has 0 aromatic carbocycles. The van der Waals surface area contributed by atoms with Gasteiger partial charge in [-0.15, -0.1) is 0 Å². The molecule has 0 N–H and O–H groups in total. The number of thioether (sulfide) groups is 1. The lowest BCUT2D eigenvalue weighted by atomic mass is 9.64. The number of fused-ring (bicyclic) bond motifs is 3. The molecule has 17 heavy (non-hydrogen) atoms. The van der Waals surface area contributed by atoms with Crippen molar-refractivity contribution >= 4 is 16.9 Å². The smallest absolute Gasteiger partial charge is 0.192 e. The summed E-state index contributed by atoms with van der Waals surface area (Å²) < 4.78 is 0. The SMILES string of the molecule is CC1CCC2C(C1)SC(=O)C1CC(C)CCC12. The molecule has 2 heteroatoms. The van der Waals surface area contributed by atoms with Crippen LogP contribution in [-0.2, 0) is 4.79 Å². The lowest BCUT2D eigenvalue weighted by Crippen LogP contribution is -2.45. The van der Waals surface area contributed by atoms with Crippen molar-refractivity contribution in [3.05, 3.63) is 0 Å². The van der Waals surface area contributed by atoms with Crippen LogP contribution in [0.4, 0.5) is 0 Å². The topological polar surface area (TPSA) is 17.1 Å². The normalized spacial score (nSPS) is 50.6. The molecule has 0 aromatic rings. The molecule has 0 spiro atoms. The monoisotopic (exact) mass is 252 g/mol. The third-order valence-corrected chi connectivity index (χ3v) is 6.77. The average Bonchev–Trinajstić information content (AvgIpc) is 2.29. The number of hydrogen-bond acceptors (Lipinski definition) is 2. The van der Waals surface area contributed by atoms with Crippen molar-refractivity contribution in [2.75, 3.05) is 0 Å². The Morgan fingerprint density at radius 3 is 2.35 bits per heavy atom. The number of hydrogen-bond donors (Lipinski definition) is 0. The maximum atomic E-state index is 12.3. The molecule has 0 amide bonds. The van der Waals surface area contributed by atoms with Crippen LogP contribution in [-0.4, -0.2) is 10.4 Å². The molecule has 3 aliphatic rings. The highest BCUT2D eigenvalue weighted by atomic mass is 32.2. The van der Waals surface area contributed by atoms with Gasteiger partial charge in [0.25, 0.3) is 0 Å². The van der Waals surface area contributed by atoms with Crippen LogP contribution in [0.5, 0.6) is 0 Å². The van der Waals surface area contributed by atoms with E-state index >= 15 is 0 Å². The molecule has 1 heterocycles. The minimum absolute atomic E-state index is 0.415. The summed E-state index contributed by atoms with van der Waals surface area (Å²) in [6.07, 6.45) is 7.94. The van der Waals surface area contributed by atoms with E-state index in [9.17, 15) is 4.79 Å². The van der Waals surface area contributed by atoms with Crippen molar-refractivity contribution in [2.45, 2.75) is 57.6 Å². The molecule has 6 unspecified atom stereocenters. The Kier molecular flexibility index (Phi) is 3.27. The fourth-order valence-corrected chi connectivity index (χ4v) is 6.08. The molecular weight excluding hydrogens is 228 g/mol. The lowest BCUT2D eigenvalue weighted by Gasteiger charge is -2.48. The van der Waals surface area contributed by atoms with Gasteiger partial charge >= 0.3 is 0 Å². The van der Waals surface area contributed by atoms with Crippen molar-refractivity contribution in [3.8, 4) is 0 Å². The van der Waals surface area contributed by atoms with E-state index in [0.717, 1.165) is 23.7 Å². The number of carbonyl (C=O) groups is 1. The van der Waals surface area contributed by atoms with Gasteiger partial charge in [0.2, 0.25) is 0 Å². The fraction of sp³-hybridized carbons (Fsp3) is 0.933. The second-order valence-electron chi connectivity index (χ2n) is 6.75. The molecule has 0 bridgehead atoms. The van der Waals surface area contributed by atoms with E-state index < -0.39 is 0 Å². The quantitative estimate of drug-likeness (QED) is 0.645. The first-order chi connectivity index (χ1) is 8.15. The Bertz CT molecular complexity index is 314. The zero-order valence-electron chi connectivity index (χ0n) is 11.0. The van der Waals surface area contributed by atoms with Gasteiger partial charge in [-0.05, 0) is 49.4 Å². The summed E-state index contributed by atoms with van der Waals surface area (Å²) in [5, 5.41) is 1.21. The predicted molar refractivity (Wildman–Crippen MR) is 72.9 cm³/mol. The first kappa shape index (κ1) is 12.1. The van der Waals surface area contributed by atoms with Crippen LogP contribution in [0.25, 0.3) is 0 Å². The van der Waals surface area contributed by atoms with Gasteiger partial charge in [-0.2, -0.15) is 0 Å². The number of rotatable bonds is 0. The molecule has 3 rings (SSSR count). The molecule has 96 valence electrons. The number of carbonyl (C=O) groups excluding carboxylic acids is 1. The third kappa shape index (κ3) is 2.18. The zero-order chi connectivity index (χ0) is 12.0. The van der Waals surface area contributed by atoms with Gasteiger partial charge in [0.15, 0.2) is 5.12 Å². The first-order valence-electron chi connectivity index (χ1n) is 7.35. The van der Waals surface area contributed by atoms with E-state index in [-0.39, 0.29) is 0 Å². The molecule has 2 aliphatic carbocycles. The molecule has 0 aromatic heterocycles. The summed E-state index contributed by atoms with van der Waals surface area (Å²) in [5.41, 5.74) is 0. The van der Waals surface area contributed by atoms with Crippen molar-refractivity contribution in [1.82, 2.24) is 0 Å². The van der Waals surface area contributed by atoms with Crippen molar-refractivity contribution in [2.24, 2.45) is 29.6 Å². The Labute approximate surface area is 109 Å². The van der Waals surface area contributed by atoms with Crippen LogP contribution < -0.4 is 0 Å². The van der Waals surface area contributed by atoms with Crippen LogP contribution in [0, 0.1) is 29.6 Å². The van der Waals surface area contributed by atoms with Gasteiger partial charge in [0.05, 0.1) is 0 Å². The van der Waals surface area contributed by atoms with E-state index in [4.69, 9.17) is 0 Å². The largest absolute Gasteiger partial charge is 0.287 e. The standard InChI is InChI=1S/C15H24OS/c1-9-3-5-11-12-6-4-10(2)8-14(12)17-15(16)13(11)7-9/h9-14H,3-8H2,1-2H3. The Hall–Kier alpha value is 0.0200. The lowest BCUT2D eigenvalue weighted by molar-refractivity contribution is -0.119. The molecule has 6 atom stereocenters. The highest BCUT2D eigenvalue weighted by Gasteiger charge is 2.47. The second kappa shape index (κ2) is 4.60. The molecule has 3 fully saturated rings. The van der Waals surface area contributed by atoms with E-state index in [2.05, 4.69) is 13.8 Å². The van der Waals surface area contributed by atoms with Crippen LogP contribution in [0.2, 0.25) is 0 Å². The Morgan fingerprint density at radius 1 is 0.941 bits per heavy atom. The average molecular weight is 252 g/mol. The van der Waals surface area contributed by atoms with E-state index in [1.165, 1.54) is 38.5 Å². The van der Waals surface area contributed by atoms with Crippen LogP contribution >= 0.6 is 11.8 Å². The fourth-order valence-electron chi connectivity index (χ4n) is 4.40. The summed E-state index contributed by atoms with van der Waals surface area (Å²) in [7, 11) is 0. The van der Waals surface area contributed by atoms with E-state index in [1.54, 1.807) is 11.8 Å². The Balaban J connectivity index is 1.79. The van der Waals surface area contributed by atoms with E-state index in [0.29, 0.717) is 16.3 Å². The molecule has 0 radical (unpaired) electrons. The van der Waals surface area contributed by atoms with Gasteiger partial charge in [0, 0.05) is 11.2 Å². The minimum Gasteiger partial charge on any atom is -0.287 e. The zero-order valence-corrected chi connectivity index (χ0v) is 11.8. The molecule has 2 saturated carbocycles. The molecule has 1 nitrogen and oxygen atoms in total. The van der Waals surface area contributed by atoms with Gasteiger partial charge in [-0.25, -0.2) is 0 Å². The maximum absolute atomic E-state index is 12.3. The summed E-state index contributed by atoms with van der Waals surface area (Å²) in [5.74, 6) is 3.65. The first-order valence-corrected chi connectivity index (χ1v) is 8.23. The van der Waals surface area contributed by atoms with Crippen LogP contribution in [0.15, 0.2) is 0 Å². The highest BCUT2D eigenvalue weighted by Crippen LogP contribution is 2.53. The van der Waals surface area contributed by atoms with Gasteiger partial charge in [-0.3, -0.25) is 4.79 Å². The summed E-state index contributed by atoms with van der Waals surface area (Å²) >= 11 is 1.72. The van der Waals surface area contributed by atoms with Crippen molar-refractivity contribution < 1.29 is 4.79 Å². The highest BCUT2D eigenvalue weighted by molar-refractivity contribution is 8.14. The van der Waals surface area contributed by atoms with Gasteiger partial charge in [-0.1, -0.05) is 38.5 Å². The molecule has 1 aliphatic heterocycles. The third-order valence-electron chi connectivity index (χ3n) is 5.39.